The van der Waals surface area contributed by atoms with E-state index >= 15 is 0 Å². The highest BCUT2D eigenvalue weighted by Gasteiger charge is 2.14. The monoisotopic (exact) mass is 369 g/mol. The topological polar surface area (TPSA) is 57.8 Å². The van der Waals surface area contributed by atoms with E-state index in [9.17, 15) is 4.79 Å². The number of hydrogen-bond acceptors (Lipinski definition) is 3. The van der Waals surface area contributed by atoms with Crippen LogP contribution in [0.15, 0.2) is 79.1 Å². The zero-order chi connectivity index (χ0) is 18.2. The number of carbonyl (C=O) groups is 1. The summed E-state index contributed by atoms with van der Waals surface area (Å²) in [7, 11) is 0. The molecule has 0 saturated carbocycles. The van der Waals surface area contributed by atoms with Crippen LogP contribution in [0.2, 0.25) is 0 Å². The van der Waals surface area contributed by atoms with Crippen LogP contribution in [-0.2, 0) is 0 Å². The zero-order valence-corrected chi connectivity index (χ0v) is 15.1. The molecular formula is C22H15N3OS. The average molecular weight is 369 g/mol. The van der Waals surface area contributed by atoms with Crippen molar-refractivity contribution in [2.45, 2.75) is 0 Å². The molecule has 27 heavy (non-hydrogen) atoms. The molecule has 0 unspecified atom stereocenters. The van der Waals surface area contributed by atoms with Gasteiger partial charge in [0.1, 0.15) is 5.65 Å². The summed E-state index contributed by atoms with van der Waals surface area (Å²) in [6.45, 7) is 0. The van der Waals surface area contributed by atoms with Crippen molar-refractivity contribution in [3.63, 3.8) is 0 Å². The van der Waals surface area contributed by atoms with E-state index in [4.69, 9.17) is 0 Å². The van der Waals surface area contributed by atoms with Crippen LogP contribution in [0, 0.1) is 0 Å². The Morgan fingerprint density at radius 3 is 2.78 bits per heavy atom. The van der Waals surface area contributed by atoms with Gasteiger partial charge in [0.15, 0.2) is 0 Å². The van der Waals surface area contributed by atoms with Gasteiger partial charge in [0.2, 0.25) is 0 Å². The Balaban J connectivity index is 1.56. The molecule has 0 radical (unpaired) electrons. The molecule has 0 saturated heterocycles. The highest BCUT2D eigenvalue weighted by Crippen LogP contribution is 2.35. The van der Waals surface area contributed by atoms with Crippen molar-refractivity contribution in [3.05, 3.63) is 84.0 Å². The molecule has 0 aliphatic carbocycles. The number of rotatable bonds is 3. The second-order valence-corrected chi connectivity index (χ2v) is 7.37. The summed E-state index contributed by atoms with van der Waals surface area (Å²) in [4.78, 5) is 21.0. The van der Waals surface area contributed by atoms with Gasteiger partial charge in [-0.05, 0) is 42.0 Å². The third-order valence-corrected chi connectivity index (χ3v) is 5.63. The molecule has 4 nitrogen and oxygen atoms in total. The van der Waals surface area contributed by atoms with Crippen molar-refractivity contribution in [2.24, 2.45) is 0 Å². The van der Waals surface area contributed by atoms with E-state index in [2.05, 4.69) is 27.4 Å². The van der Waals surface area contributed by atoms with E-state index in [0.29, 0.717) is 4.88 Å². The molecular weight excluding hydrogens is 354 g/mol. The lowest BCUT2D eigenvalue weighted by molar-refractivity contribution is 0.103. The Hall–Kier alpha value is -3.44. The number of amides is 1. The highest BCUT2D eigenvalue weighted by molar-refractivity contribution is 7.21. The van der Waals surface area contributed by atoms with Crippen molar-refractivity contribution in [1.82, 2.24) is 9.97 Å². The van der Waals surface area contributed by atoms with Crippen LogP contribution in [0.3, 0.4) is 0 Å². The van der Waals surface area contributed by atoms with Crippen LogP contribution in [0.1, 0.15) is 9.67 Å². The fraction of sp³-hybridized carbons (Fsp3) is 0. The first-order valence-corrected chi connectivity index (χ1v) is 9.42. The van der Waals surface area contributed by atoms with Gasteiger partial charge in [-0.1, -0.05) is 30.3 Å². The van der Waals surface area contributed by atoms with Gasteiger partial charge < -0.3 is 10.3 Å². The van der Waals surface area contributed by atoms with E-state index in [0.717, 1.165) is 37.9 Å². The molecule has 0 aliphatic heterocycles. The van der Waals surface area contributed by atoms with Gasteiger partial charge >= 0.3 is 0 Å². The summed E-state index contributed by atoms with van der Waals surface area (Å²) < 4.78 is 1.08. The van der Waals surface area contributed by atoms with Crippen LogP contribution in [0.5, 0.6) is 0 Å². The normalized spacial score (nSPS) is 11.1. The van der Waals surface area contributed by atoms with Crippen molar-refractivity contribution in [1.29, 1.82) is 0 Å². The lowest BCUT2D eigenvalue weighted by atomic mass is 10.0. The van der Waals surface area contributed by atoms with Crippen LogP contribution in [-0.4, -0.2) is 15.9 Å². The van der Waals surface area contributed by atoms with Crippen LogP contribution in [0.25, 0.3) is 32.2 Å². The van der Waals surface area contributed by atoms with Gasteiger partial charge in [-0.15, -0.1) is 11.3 Å². The second-order valence-electron chi connectivity index (χ2n) is 6.29. The SMILES string of the molecule is O=C(Nc1ccccc1)c1cc2c(-c3cnc4[nH]ccc4c3)cccc2s1. The van der Waals surface area contributed by atoms with Gasteiger partial charge in [0.25, 0.3) is 5.91 Å². The number of pyridine rings is 1. The Kier molecular flexibility index (Phi) is 3.73. The Labute approximate surface area is 159 Å². The number of para-hydroxylation sites is 1. The number of benzene rings is 2. The fourth-order valence-corrected chi connectivity index (χ4v) is 4.21. The summed E-state index contributed by atoms with van der Waals surface area (Å²) >= 11 is 1.50. The highest BCUT2D eigenvalue weighted by atomic mass is 32.1. The van der Waals surface area contributed by atoms with E-state index < -0.39 is 0 Å². The minimum absolute atomic E-state index is 0.0902. The lowest BCUT2D eigenvalue weighted by Gasteiger charge is -2.03. The van der Waals surface area contributed by atoms with Gasteiger partial charge in [-0.3, -0.25) is 4.79 Å². The molecule has 5 aromatic rings. The Morgan fingerprint density at radius 1 is 1.00 bits per heavy atom. The molecule has 130 valence electrons. The van der Waals surface area contributed by atoms with Crippen molar-refractivity contribution < 1.29 is 4.79 Å². The third-order valence-electron chi connectivity index (χ3n) is 4.53. The molecule has 2 aromatic carbocycles. The number of aromatic amines is 1. The molecule has 1 amide bonds. The molecule has 0 atom stereocenters. The number of fused-ring (bicyclic) bond motifs is 2. The molecule has 0 spiro atoms. The quantitative estimate of drug-likeness (QED) is 0.429. The lowest BCUT2D eigenvalue weighted by Crippen LogP contribution is -2.09. The Bertz CT molecular complexity index is 1270. The fourth-order valence-electron chi connectivity index (χ4n) is 3.23. The van der Waals surface area contributed by atoms with E-state index in [1.54, 1.807) is 0 Å². The molecule has 5 rings (SSSR count). The number of thiophene rings is 1. The van der Waals surface area contributed by atoms with Crippen LogP contribution < -0.4 is 5.32 Å². The summed E-state index contributed by atoms with van der Waals surface area (Å²) in [6.07, 6.45) is 3.76. The first-order chi connectivity index (χ1) is 13.3. The average Bonchev–Trinajstić information content (AvgIpc) is 3.34. The van der Waals surface area contributed by atoms with Gasteiger partial charge in [0, 0.05) is 39.1 Å². The van der Waals surface area contributed by atoms with Gasteiger partial charge in [-0.25, -0.2) is 4.98 Å². The second kappa shape index (κ2) is 6.37. The third kappa shape index (κ3) is 2.88. The molecule has 0 fully saturated rings. The van der Waals surface area contributed by atoms with E-state index in [1.165, 1.54) is 11.3 Å². The minimum Gasteiger partial charge on any atom is -0.346 e. The number of carbonyl (C=O) groups excluding carboxylic acids is 1. The molecule has 3 aromatic heterocycles. The number of hydrogen-bond donors (Lipinski definition) is 2. The maximum atomic E-state index is 12.7. The maximum absolute atomic E-state index is 12.7. The summed E-state index contributed by atoms with van der Waals surface area (Å²) in [5.74, 6) is -0.0902. The number of H-pyrrole nitrogens is 1. The molecule has 0 bridgehead atoms. The number of anilines is 1. The number of nitrogens with one attached hydrogen (secondary N) is 2. The van der Waals surface area contributed by atoms with Crippen LogP contribution >= 0.6 is 11.3 Å². The van der Waals surface area contributed by atoms with Crippen molar-refractivity contribution in [2.75, 3.05) is 5.32 Å². The van der Waals surface area contributed by atoms with Crippen molar-refractivity contribution >= 4 is 44.1 Å². The van der Waals surface area contributed by atoms with E-state index in [-0.39, 0.29) is 5.91 Å². The molecule has 2 N–H and O–H groups in total. The number of aromatic nitrogens is 2. The molecule has 5 heteroatoms. The summed E-state index contributed by atoms with van der Waals surface area (Å²) in [5, 5.41) is 5.09. The summed E-state index contributed by atoms with van der Waals surface area (Å²) in [6, 6.07) is 21.7. The van der Waals surface area contributed by atoms with Crippen LogP contribution in [0.4, 0.5) is 5.69 Å². The molecule has 0 aliphatic rings. The number of nitrogens with zero attached hydrogens (tertiary/aromatic N) is 1. The first-order valence-electron chi connectivity index (χ1n) is 8.60. The smallest absolute Gasteiger partial charge is 0.265 e. The van der Waals surface area contributed by atoms with Gasteiger partial charge in [-0.2, -0.15) is 0 Å². The maximum Gasteiger partial charge on any atom is 0.265 e. The van der Waals surface area contributed by atoms with Crippen molar-refractivity contribution in [3.8, 4) is 11.1 Å². The Morgan fingerprint density at radius 2 is 1.89 bits per heavy atom. The molecule has 3 heterocycles. The van der Waals surface area contributed by atoms with E-state index in [1.807, 2.05) is 67.0 Å². The first kappa shape index (κ1) is 15.8. The zero-order valence-electron chi connectivity index (χ0n) is 14.3. The predicted molar refractivity (Wildman–Crippen MR) is 111 cm³/mol. The standard InChI is InChI=1S/C22H15N3OS/c26-22(25-16-5-2-1-3-6-16)20-12-18-17(7-4-8-19(18)27-20)15-11-14-9-10-23-21(14)24-13-15/h1-13H,(H,23,24)(H,25,26). The minimum atomic E-state index is -0.0902. The summed E-state index contributed by atoms with van der Waals surface area (Å²) in [5.41, 5.74) is 3.79. The predicted octanol–water partition coefficient (Wildman–Crippen LogP) is 5.70. The largest absolute Gasteiger partial charge is 0.346 e. The van der Waals surface area contributed by atoms with Gasteiger partial charge in [0.05, 0.1) is 4.88 Å².